The molecule has 1 aromatic heterocycles. The minimum Gasteiger partial charge on any atom is -0.396 e. The van der Waals surface area contributed by atoms with Crippen LogP contribution >= 0.6 is 0 Å². The molecule has 1 N–H and O–H groups in total. The van der Waals surface area contributed by atoms with E-state index in [2.05, 4.69) is 39.8 Å². The van der Waals surface area contributed by atoms with Crippen molar-refractivity contribution in [2.24, 2.45) is 5.92 Å². The highest BCUT2D eigenvalue weighted by atomic mass is 16.3. The normalized spacial score (nSPS) is 16.7. The molecule has 0 aromatic carbocycles. The number of aliphatic hydroxyl groups is 1. The maximum atomic E-state index is 9.17. The summed E-state index contributed by atoms with van der Waals surface area (Å²) in [5.74, 6) is 2.45. The highest BCUT2D eigenvalue weighted by Gasteiger charge is 2.20. The first-order chi connectivity index (χ1) is 9.24. The summed E-state index contributed by atoms with van der Waals surface area (Å²) in [5.41, 5.74) is 0. The summed E-state index contributed by atoms with van der Waals surface area (Å²) in [6, 6.07) is 2.06. The van der Waals surface area contributed by atoms with E-state index in [1.54, 1.807) is 6.33 Å². The van der Waals surface area contributed by atoms with Crippen molar-refractivity contribution in [3.63, 3.8) is 0 Å². The van der Waals surface area contributed by atoms with Gasteiger partial charge >= 0.3 is 0 Å². The van der Waals surface area contributed by atoms with Crippen LogP contribution in [0.5, 0.6) is 0 Å². The Morgan fingerprint density at radius 3 is 2.74 bits per heavy atom. The van der Waals surface area contributed by atoms with Gasteiger partial charge in [0.1, 0.15) is 18.0 Å². The molecule has 5 heteroatoms. The Hall–Kier alpha value is -1.36. The zero-order valence-corrected chi connectivity index (χ0v) is 11.9. The average Bonchev–Trinajstić information content (AvgIpc) is 2.48. The van der Waals surface area contributed by atoms with Crippen LogP contribution in [0, 0.1) is 5.92 Å². The Labute approximate surface area is 115 Å². The lowest BCUT2D eigenvalue weighted by molar-refractivity contribution is 0.203. The van der Waals surface area contributed by atoms with Crippen molar-refractivity contribution >= 4 is 11.6 Å². The molecule has 2 rings (SSSR count). The monoisotopic (exact) mass is 264 g/mol. The minimum atomic E-state index is 0.308. The molecule has 19 heavy (non-hydrogen) atoms. The number of anilines is 2. The van der Waals surface area contributed by atoms with E-state index in [1.165, 1.54) is 0 Å². The van der Waals surface area contributed by atoms with Gasteiger partial charge in [0.05, 0.1) is 0 Å². The third-order valence-corrected chi connectivity index (χ3v) is 3.79. The zero-order chi connectivity index (χ0) is 13.7. The highest BCUT2D eigenvalue weighted by Crippen LogP contribution is 2.23. The van der Waals surface area contributed by atoms with Gasteiger partial charge in [-0.3, -0.25) is 0 Å². The molecule has 0 spiro atoms. The van der Waals surface area contributed by atoms with Gasteiger partial charge in [-0.15, -0.1) is 0 Å². The van der Waals surface area contributed by atoms with Gasteiger partial charge in [-0.1, -0.05) is 6.92 Å². The average molecular weight is 264 g/mol. The fourth-order valence-electron chi connectivity index (χ4n) is 2.51. The van der Waals surface area contributed by atoms with Crippen molar-refractivity contribution in [3.05, 3.63) is 12.4 Å². The van der Waals surface area contributed by atoms with E-state index in [0.29, 0.717) is 12.5 Å². The first-order valence-corrected chi connectivity index (χ1v) is 7.13. The second-order valence-electron chi connectivity index (χ2n) is 5.27. The molecule has 2 heterocycles. The summed E-state index contributed by atoms with van der Waals surface area (Å²) in [5, 5.41) is 9.17. The molecular formula is C14H24N4O. The first kappa shape index (κ1) is 14.1. The van der Waals surface area contributed by atoms with Gasteiger partial charge in [-0.25, -0.2) is 9.97 Å². The van der Waals surface area contributed by atoms with E-state index >= 15 is 0 Å². The quantitative estimate of drug-likeness (QED) is 0.874. The van der Waals surface area contributed by atoms with Gasteiger partial charge in [0.15, 0.2) is 0 Å². The third-order valence-electron chi connectivity index (χ3n) is 3.79. The van der Waals surface area contributed by atoms with Crippen LogP contribution in [-0.2, 0) is 0 Å². The van der Waals surface area contributed by atoms with Crippen molar-refractivity contribution in [1.82, 2.24) is 9.97 Å². The first-order valence-electron chi connectivity index (χ1n) is 7.13. The van der Waals surface area contributed by atoms with Crippen LogP contribution in [0.15, 0.2) is 12.4 Å². The molecule has 106 valence electrons. The molecule has 1 fully saturated rings. The van der Waals surface area contributed by atoms with Gasteiger partial charge < -0.3 is 14.9 Å². The van der Waals surface area contributed by atoms with E-state index < -0.39 is 0 Å². The van der Waals surface area contributed by atoms with Crippen LogP contribution in [0.4, 0.5) is 11.6 Å². The number of hydrogen-bond donors (Lipinski definition) is 1. The maximum Gasteiger partial charge on any atom is 0.134 e. The van der Waals surface area contributed by atoms with Crippen molar-refractivity contribution in [2.75, 3.05) is 43.1 Å². The zero-order valence-electron chi connectivity index (χ0n) is 11.9. The van der Waals surface area contributed by atoms with Crippen LogP contribution in [0.2, 0.25) is 0 Å². The van der Waals surface area contributed by atoms with E-state index in [4.69, 9.17) is 0 Å². The summed E-state index contributed by atoms with van der Waals surface area (Å²) in [4.78, 5) is 13.2. The van der Waals surface area contributed by atoms with Crippen LogP contribution in [-0.4, -0.2) is 48.4 Å². The fraction of sp³-hybridized carbons (Fsp3) is 0.714. The standard InChI is InChI=1S/C14H24N4O/c1-3-6-17(2)13-9-14(16-11-15-13)18-7-4-12(10-19)5-8-18/h9,11-12,19H,3-8,10H2,1-2H3. The van der Waals surface area contributed by atoms with Crippen LogP contribution < -0.4 is 9.80 Å². The van der Waals surface area contributed by atoms with E-state index in [0.717, 1.165) is 50.5 Å². The Kier molecular flexibility index (Phi) is 4.96. The van der Waals surface area contributed by atoms with Crippen LogP contribution in [0.3, 0.4) is 0 Å². The maximum absolute atomic E-state index is 9.17. The van der Waals surface area contributed by atoms with Crippen molar-refractivity contribution in [3.8, 4) is 0 Å². The highest BCUT2D eigenvalue weighted by molar-refractivity contribution is 5.49. The minimum absolute atomic E-state index is 0.308. The predicted molar refractivity (Wildman–Crippen MR) is 77.6 cm³/mol. The Morgan fingerprint density at radius 1 is 1.37 bits per heavy atom. The number of aliphatic hydroxyl groups excluding tert-OH is 1. The summed E-state index contributed by atoms with van der Waals surface area (Å²) in [6.45, 7) is 5.42. The number of hydrogen-bond acceptors (Lipinski definition) is 5. The fourth-order valence-corrected chi connectivity index (χ4v) is 2.51. The summed E-state index contributed by atoms with van der Waals surface area (Å²) < 4.78 is 0. The summed E-state index contributed by atoms with van der Waals surface area (Å²) in [7, 11) is 2.06. The number of aromatic nitrogens is 2. The van der Waals surface area contributed by atoms with Gasteiger partial charge in [0.25, 0.3) is 0 Å². The molecule has 0 unspecified atom stereocenters. The van der Waals surface area contributed by atoms with Gasteiger partial charge in [-0.2, -0.15) is 0 Å². The second-order valence-corrected chi connectivity index (χ2v) is 5.27. The number of piperidine rings is 1. The van der Waals surface area contributed by atoms with Crippen molar-refractivity contribution < 1.29 is 5.11 Å². The predicted octanol–water partition coefficient (Wildman–Crippen LogP) is 1.53. The van der Waals surface area contributed by atoms with Crippen LogP contribution in [0.25, 0.3) is 0 Å². The van der Waals surface area contributed by atoms with Gasteiger partial charge in [-0.05, 0) is 25.2 Å². The van der Waals surface area contributed by atoms with Crippen molar-refractivity contribution in [2.45, 2.75) is 26.2 Å². The molecule has 1 aliphatic rings. The number of rotatable bonds is 5. The molecule has 0 bridgehead atoms. The third kappa shape index (κ3) is 3.56. The largest absolute Gasteiger partial charge is 0.396 e. The van der Waals surface area contributed by atoms with E-state index in [1.807, 2.05) is 0 Å². The molecular weight excluding hydrogens is 240 g/mol. The molecule has 0 saturated carbocycles. The Balaban J connectivity index is 2.03. The summed E-state index contributed by atoms with van der Waals surface area (Å²) >= 11 is 0. The molecule has 5 nitrogen and oxygen atoms in total. The lowest BCUT2D eigenvalue weighted by Gasteiger charge is -2.32. The number of nitrogens with zero attached hydrogens (tertiary/aromatic N) is 4. The lowest BCUT2D eigenvalue weighted by atomic mass is 9.98. The topological polar surface area (TPSA) is 52.5 Å². The molecule has 0 aliphatic carbocycles. The smallest absolute Gasteiger partial charge is 0.134 e. The molecule has 0 radical (unpaired) electrons. The van der Waals surface area contributed by atoms with Crippen LogP contribution in [0.1, 0.15) is 26.2 Å². The molecule has 1 saturated heterocycles. The van der Waals surface area contributed by atoms with Crippen molar-refractivity contribution in [1.29, 1.82) is 0 Å². The van der Waals surface area contributed by atoms with Gasteiger partial charge in [0, 0.05) is 39.4 Å². The van der Waals surface area contributed by atoms with E-state index in [-0.39, 0.29) is 0 Å². The molecule has 1 aromatic rings. The Morgan fingerprint density at radius 2 is 2.11 bits per heavy atom. The van der Waals surface area contributed by atoms with Gasteiger partial charge in [0.2, 0.25) is 0 Å². The molecule has 0 atom stereocenters. The SMILES string of the molecule is CCCN(C)c1cc(N2CCC(CO)CC2)ncn1. The lowest BCUT2D eigenvalue weighted by Crippen LogP contribution is -2.35. The Bertz CT molecular complexity index is 391. The second kappa shape index (κ2) is 6.70. The summed E-state index contributed by atoms with van der Waals surface area (Å²) in [6.07, 6.45) is 4.84. The molecule has 0 amide bonds. The van der Waals surface area contributed by atoms with E-state index in [9.17, 15) is 5.11 Å². The molecule has 1 aliphatic heterocycles.